The zero-order chi connectivity index (χ0) is 13.4. The van der Waals surface area contributed by atoms with Gasteiger partial charge in [0.15, 0.2) is 0 Å². The normalized spacial score (nSPS) is 12.7. The van der Waals surface area contributed by atoms with Gasteiger partial charge in [-0.2, -0.15) is 26.3 Å². The van der Waals surface area contributed by atoms with Gasteiger partial charge in [0.1, 0.15) is 22.7 Å². The van der Waals surface area contributed by atoms with Gasteiger partial charge in [-0.05, 0) is 12.1 Å². The largest absolute Gasteiger partial charge is 0.496 e. The number of rotatable bonds is 1. The number of hydrogen-bond acceptors (Lipinski definition) is 1. The van der Waals surface area contributed by atoms with Gasteiger partial charge in [0.25, 0.3) is 0 Å². The van der Waals surface area contributed by atoms with Crippen molar-refractivity contribution < 1.29 is 35.5 Å². The van der Waals surface area contributed by atoms with Crippen LogP contribution in [0.2, 0.25) is 0 Å². The summed E-state index contributed by atoms with van der Waals surface area (Å²) in [7, 11) is 0.767. The molecule has 1 aromatic rings. The Balaban J connectivity index is 3.67. The molecule has 1 nitrogen and oxygen atoms in total. The molecule has 0 fully saturated rings. The Morgan fingerprint density at radius 1 is 0.882 bits per heavy atom. The Morgan fingerprint density at radius 3 is 1.71 bits per heavy atom. The summed E-state index contributed by atoms with van der Waals surface area (Å²) in [5.41, 5.74) is -4.53. The van der Waals surface area contributed by atoms with Crippen LogP contribution in [0.25, 0.3) is 0 Å². The van der Waals surface area contributed by atoms with Gasteiger partial charge in [-0.25, -0.2) is 4.39 Å². The van der Waals surface area contributed by atoms with Gasteiger partial charge >= 0.3 is 12.4 Å². The molecule has 0 N–H and O–H groups in total. The Morgan fingerprint density at radius 2 is 1.35 bits per heavy atom. The maximum absolute atomic E-state index is 12.9. The van der Waals surface area contributed by atoms with Crippen LogP contribution in [0, 0.1) is 5.82 Å². The van der Waals surface area contributed by atoms with Crippen LogP contribution in [-0.4, -0.2) is 7.11 Å². The first-order valence-electron chi connectivity index (χ1n) is 4.10. The summed E-state index contributed by atoms with van der Waals surface area (Å²) in [4.78, 5) is 0. The van der Waals surface area contributed by atoms with Gasteiger partial charge in [-0.15, -0.1) is 0 Å². The third kappa shape index (κ3) is 2.62. The van der Waals surface area contributed by atoms with Gasteiger partial charge in [0.2, 0.25) is 0 Å². The number of hydrogen-bond donors (Lipinski definition) is 0. The molecule has 0 aromatic heterocycles. The predicted octanol–water partition coefficient (Wildman–Crippen LogP) is 3.87. The molecular weight excluding hydrogens is 257 g/mol. The van der Waals surface area contributed by atoms with Crippen LogP contribution in [0.5, 0.6) is 5.75 Å². The van der Waals surface area contributed by atoms with Crippen LogP contribution < -0.4 is 4.74 Å². The summed E-state index contributed by atoms with van der Waals surface area (Å²) in [6.07, 6.45) is -10.8. The average molecular weight is 262 g/mol. The Labute approximate surface area is 90.8 Å². The minimum atomic E-state index is -5.45. The molecule has 0 saturated carbocycles. The first-order valence-corrected chi connectivity index (χ1v) is 4.10. The van der Waals surface area contributed by atoms with Gasteiger partial charge in [0, 0.05) is 0 Å². The molecule has 96 valence electrons. The highest BCUT2D eigenvalue weighted by Crippen LogP contribution is 2.45. The van der Waals surface area contributed by atoms with Crippen LogP contribution >= 0.6 is 0 Å². The van der Waals surface area contributed by atoms with Crippen molar-refractivity contribution in [1.82, 2.24) is 0 Å². The molecule has 0 atom stereocenters. The van der Waals surface area contributed by atoms with E-state index in [-0.39, 0.29) is 6.07 Å². The number of ether oxygens (including phenoxy) is 1. The van der Waals surface area contributed by atoms with Gasteiger partial charge in [0.05, 0.1) is 7.11 Å². The number of alkyl halides is 6. The molecule has 0 aliphatic heterocycles. The maximum Gasteiger partial charge on any atom is 0.420 e. The fourth-order valence-corrected chi connectivity index (χ4v) is 1.29. The minimum Gasteiger partial charge on any atom is -0.496 e. The van der Waals surface area contributed by atoms with E-state index < -0.39 is 35.0 Å². The lowest BCUT2D eigenvalue weighted by atomic mass is 10.0. The summed E-state index contributed by atoms with van der Waals surface area (Å²) in [5.74, 6) is -3.07. The summed E-state index contributed by atoms with van der Waals surface area (Å²) in [6.45, 7) is 0. The number of benzene rings is 1. The molecule has 8 heteroatoms. The number of methoxy groups -OCH3 is 1. The van der Waals surface area contributed by atoms with Crippen molar-refractivity contribution >= 4 is 0 Å². The highest BCUT2D eigenvalue weighted by Gasteiger charge is 2.47. The van der Waals surface area contributed by atoms with Crippen LogP contribution in [-0.2, 0) is 12.4 Å². The Kier molecular flexibility index (Phi) is 3.26. The van der Waals surface area contributed by atoms with E-state index in [1.54, 1.807) is 0 Å². The SMILES string of the molecule is COc1ccc(F)c(C(F)(F)F)c1C(F)(F)F. The van der Waals surface area contributed by atoms with Crippen molar-refractivity contribution in [2.75, 3.05) is 7.11 Å². The summed E-state index contributed by atoms with van der Waals surface area (Å²) >= 11 is 0. The van der Waals surface area contributed by atoms with Crippen molar-refractivity contribution in [3.05, 3.63) is 29.1 Å². The van der Waals surface area contributed by atoms with Crippen molar-refractivity contribution in [2.24, 2.45) is 0 Å². The zero-order valence-electron chi connectivity index (χ0n) is 8.21. The molecule has 0 spiro atoms. The van der Waals surface area contributed by atoms with Crippen molar-refractivity contribution in [3.8, 4) is 5.75 Å². The quantitative estimate of drug-likeness (QED) is 0.698. The van der Waals surface area contributed by atoms with Crippen molar-refractivity contribution in [3.63, 3.8) is 0 Å². The minimum absolute atomic E-state index is 0.275. The summed E-state index contributed by atoms with van der Waals surface area (Å²) in [5, 5.41) is 0. The average Bonchev–Trinajstić information content (AvgIpc) is 2.13. The first-order chi connectivity index (χ1) is 7.59. The monoisotopic (exact) mass is 262 g/mol. The molecule has 0 aliphatic rings. The van der Waals surface area contributed by atoms with E-state index in [0.717, 1.165) is 7.11 Å². The van der Waals surface area contributed by atoms with E-state index in [0.29, 0.717) is 6.07 Å². The fourth-order valence-electron chi connectivity index (χ4n) is 1.29. The van der Waals surface area contributed by atoms with Gasteiger partial charge in [-0.1, -0.05) is 0 Å². The van der Waals surface area contributed by atoms with E-state index in [1.165, 1.54) is 0 Å². The van der Waals surface area contributed by atoms with E-state index >= 15 is 0 Å². The molecular formula is C9H5F7O. The molecule has 0 saturated heterocycles. The van der Waals surface area contributed by atoms with Gasteiger partial charge in [-0.3, -0.25) is 0 Å². The van der Waals surface area contributed by atoms with Gasteiger partial charge < -0.3 is 4.74 Å². The lowest BCUT2D eigenvalue weighted by Gasteiger charge is -2.18. The standard InChI is InChI=1S/C9H5F7O/c1-17-5-3-2-4(10)6(8(11,12)13)7(5)9(14,15)16/h2-3H,1H3. The number of halogens is 7. The molecule has 1 aromatic carbocycles. The van der Waals surface area contributed by atoms with Crippen LogP contribution in [0.1, 0.15) is 11.1 Å². The lowest BCUT2D eigenvalue weighted by molar-refractivity contribution is -0.164. The molecule has 17 heavy (non-hydrogen) atoms. The topological polar surface area (TPSA) is 9.23 Å². The van der Waals surface area contributed by atoms with Crippen LogP contribution in [0.4, 0.5) is 30.7 Å². The molecule has 0 heterocycles. The Bertz CT molecular complexity index is 419. The smallest absolute Gasteiger partial charge is 0.420 e. The van der Waals surface area contributed by atoms with Crippen LogP contribution in [0.15, 0.2) is 12.1 Å². The molecule has 0 aliphatic carbocycles. The zero-order valence-corrected chi connectivity index (χ0v) is 8.21. The second-order valence-corrected chi connectivity index (χ2v) is 3.00. The fraction of sp³-hybridized carbons (Fsp3) is 0.333. The third-order valence-corrected chi connectivity index (χ3v) is 1.90. The second-order valence-electron chi connectivity index (χ2n) is 3.00. The molecule has 0 unspecified atom stereocenters. The maximum atomic E-state index is 12.9. The van der Waals surface area contributed by atoms with Crippen molar-refractivity contribution in [2.45, 2.75) is 12.4 Å². The Hall–Kier alpha value is -1.47. The molecule has 1 rings (SSSR count). The molecule has 0 amide bonds. The second kappa shape index (κ2) is 4.08. The summed E-state index contributed by atoms with van der Waals surface area (Å²) in [6, 6.07) is 0.768. The van der Waals surface area contributed by atoms with E-state index in [1.807, 2.05) is 0 Å². The van der Waals surface area contributed by atoms with E-state index in [4.69, 9.17) is 0 Å². The lowest BCUT2D eigenvalue weighted by Crippen LogP contribution is -2.19. The van der Waals surface area contributed by atoms with E-state index in [2.05, 4.69) is 4.74 Å². The molecule has 0 bridgehead atoms. The highest BCUT2D eigenvalue weighted by molar-refractivity contribution is 5.44. The third-order valence-electron chi connectivity index (χ3n) is 1.90. The van der Waals surface area contributed by atoms with Crippen molar-refractivity contribution in [1.29, 1.82) is 0 Å². The molecule has 0 radical (unpaired) electrons. The highest BCUT2D eigenvalue weighted by atomic mass is 19.4. The van der Waals surface area contributed by atoms with E-state index in [9.17, 15) is 30.7 Å². The first kappa shape index (κ1) is 13.6. The predicted molar refractivity (Wildman–Crippen MR) is 43.0 cm³/mol. The van der Waals surface area contributed by atoms with Crippen LogP contribution in [0.3, 0.4) is 0 Å². The summed E-state index contributed by atoms with van der Waals surface area (Å²) < 4.78 is 91.6.